The van der Waals surface area contributed by atoms with E-state index in [1.165, 1.54) is 0 Å². The Balaban J connectivity index is 2.00. The summed E-state index contributed by atoms with van der Waals surface area (Å²) in [7, 11) is 0. The van der Waals surface area contributed by atoms with E-state index in [0.29, 0.717) is 15.9 Å². The Bertz CT molecular complexity index is 831. The van der Waals surface area contributed by atoms with E-state index in [-0.39, 0.29) is 5.91 Å². The van der Waals surface area contributed by atoms with Gasteiger partial charge in [0.05, 0.1) is 5.69 Å². The number of thioether (sulfide) groups is 1. The zero-order chi connectivity index (χ0) is 17.1. The molecule has 1 aliphatic heterocycles. The molecule has 0 aliphatic carbocycles. The zero-order valence-corrected chi connectivity index (χ0v) is 15.1. The molecule has 0 N–H and O–H groups in total. The number of benzene rings is 2. The number of aryl methyl sites for hydroxylation is 1. The second-order valence-corrected chi connectivity index (χ2v) is 6.98. The molecule has 2 aromatic rings. The van der Waals surface area contributed by atoms with Crippen LogP contribution >= 0.6 is 23.4 Å². The van der Waals surface area contributed by atoms with Gasteiger partial charge < -0.3 is 0 Å². The van der Waals surface area contributed by atoms with Crippen molar-refractivity contribution in [1.82, 2.24) is 0 Å². The lowest BCUT2D eigenvalue weighted by Gasteiger charge is -2.18. The van der Waals surface area contributed by atoms with Gasteiger partial charge in [-0.3, -0.25) is 9.69 Å². The first-order valence-corrected chi connectivity index (χ1v) is 9.05. The quantitative estimate of drug-likeness (QED) is 0.713. The average Bonchev–Trinajstić information content (AvgIpc) is 2.87. The van der Waals surface area contributed by atoms with Crippen LogP contribution in [0.5, 0.6) is 0 Å². The van der Waals surface area contributed by atoms with E-state index in [2.05, 4.69) is 4.99 Å². The molecule has 1 heterocycles. The highest BCUT2D eigenvalue weighted by atomic mass is 35.5. The van der Waals surface area contributed by atoms with Crippen molar-refractivity contribution >= 4 is 46.2 Å². The van der Waals surface area contributed by atoms with Gasteiger partial charge in [0, 0.05) is 5.02 Å². The zero-order valence-electron chi connectivity index (χ0n) is 13.5. The molecule has 0 atom stereocenters. The van der Waals surface area contributed by atoms with Crippen LogP contribution in [-0.4, -0.2) is 16.8 Å². The summed E-state index contributed by atoms with van der Waals surface area (Å²) >= 11 is 7.77. The first-order chi connectivity index (χ1) is 11.6. The Morgan fingerprint density at radius 3 is 2.62 bits per heavy atom. The molecule has 1 aliphatic rings. The van der Waals surface area contributed by atoms with Crippen molar-refractivity contribution in [1.29, 1.82) is 0 Å². The summed E-state index contributed by atoms with van der Waals surface area (Å²) in [6.45, 7) is 3.98. The number of carbonyl (C=O) groups excluding carboxylic acids is 1. The average molecular weight is 357 g/mol. The largest absolute Gasteiger partial charge is 0.283 e. The molecule has 0 bridgehead atoms. The topological polar surface area (TPSA) is 32.7 Å². The first kappa shape index (κ1) is 16.8. The van der Waals surface area contributed by atoms with Crippen LogP contribution in [0, 0.1) is 6.92 Å². The lowest BCUT2D eigenvalue weighted by molar-refractivity contribution is -0.113. The lowest BCUT2D eigenvalue weighted by atomic mass is 10.2. The Hall–Kier alpha value is -2.04. The fourth-order valence-corrected chi connectivity index (χ4v) is 3.29. The molecule has 3 rings (SSSR count). The number of anilines is 1. The van der Waals surface area contributed by atoms with Crippen molar-refractivity contribution < 1.29 is 4.79 Å². The molecule has 1 amide bonds. The third-order valence-corrected chi connectivity index (χ3v) is 4.85. The molecule has 0 fully saturated rings. The second-order valence-electron chi connectivity index (χ2n) is 5.34. The predicted molar refractivity (Wildman–Crippen MR) is 104 cm³/mol. The molecule has 0 unspecified atom stereocenters. The summed E-state index contributed by atoms with van der Waals surface area (Å²) in [6.07, 6.45) is 1.81. The van der Waals surface area contributed by atoms with E-state index in [0.717, 1.165) is 22.6 Å². The minimum Gasteiger partial charge on any atom is -0.266 e. The van der Waals surface area contributed by atoms with E-state index >= 15 is 0 Å². The number of rotatable bonds is 3. The molecule has 0 aromatic heterocycles. The number of amidine groups is 1. The van der Waals surface area contributed by atoms with Gasteiger partial charge in [0.1, 0.15) is 5.70 Å². The normalized spacial score (nSPS) is 16.0. The number of halogens is 1. The van der Waals surface area contributed by atoms with Crippen molar-refractivity contribution in [3.63, 3.8) is 0 Å². The van der Waals surface area contributed by atoms with Crippen LogP contribution in [0.25, 0.3) is 6.08 Å². The van der Waals surface area contributed by atoms with Crippen molar-refractivity contribution in [2.75, 3.05) is 10.7 Å². The highest BCUT2D eigenvalue weighted by Crippen LogP contribution is 2.31. The van der Waals surface area contributed by atoms with Crippen molar-refractivity contribution in [3.05, 3.63) is 70.4 Å². The summed E-state index contributed by atoms with van der Waals surface area (Å²) in [4.78, 5) is 19.0. The summed E-state index contributed by atoms with van der Waals surface area (Å²) in [5, 5.41) is 1.33. The van der Waals surface area contributed by atoms with Gasteiger partial charge in [0.15, 0.2) is 5.17 Å². The molecule has 0 saturated carbocycles. The minimum absolute atomic E-state index is 0.130. The van der Waals surface area contributed by atoms with Crippen LogP contribution in [0.1, 0.15) is 18.1 Å². The van der Waals surface area contributed by atoms with E-state index in [9.17, 15) is 4.79 Å². The van der Waals surface area contributed by atoms with E-state index < -0.39 is 0 Å². The maximum atomic E-state index is 12.9. The molecule has 122 valence electrons. The Labute approximate surface area is 151 Å². The standard InChI is InChI=1S/C19H17ClN2OS/c1-3-24-19-21-17(11-14-7-5-4-6-8-14)18(23)22(19)15-10-9-13(2)16(20)12-15/h4-12H,3H2,1-2H3. The van der Waals surface area contributed by atoms with Gasteiger partial charge in [-0.1, -0.05) is 66.7 Å². The molecule has 0 spiro atoms. The second kappa shape index (κ2) is 7.24. The molecular weight excluding hydrogens is 340 g/mol. The van der Waals surface area contributed by atoms with E-state index in [1.807, 2.05) is 68.5 Å². The van der Waals surface area contributed by atoms with Gasteiger partial charge in [-0.15, -0.1) is 0 Å². The monoisotopic (exact) mass is 356 g/mol. The Morgan fingerprint density at radius 1 is 1.21 bits per heavy atom. The van der Waals surface area contributed by atoms with Gasteiger partial charge in [-0.25, -0.2) is 4.99 Å². The van der Waals surface area contributed by atoms with Crippen LogP contribution in [0.4, 0.5) is 5.69 Å². The number of hydrogen-bond acceptors (Lipinski definition) is 3. The SMILES string of the molecule is CCSC1=NC(=Cc2ccccc2)C(=O)N1c1ccc(C)c(Cl)c1. The number of hydrogen-bond donors (Lipinski definition) is 0. The summed E-state index contributed by atoms with van der Waals surface area (Å²) in [6, 6.07) is 15.4. The van der Waals surface area contributed by atoms with E-state index in [1.54, 1.807) is 16.7 Å². The third-order valence-electron chi connectivity index (χ3n) is 3.62. The van der Waals surface area contributed by atoms with Gasteiger partial charge in [-0.05, 0) is 42.0 Å². The van der Waals surface area contributed by atoms with Crippen LogP contribution in [0.2, 0.25) is 5.02 Å². The smallest absolute Gasteiger partial charge is 0.266 e. The lowest BCUT2D eigenvalue weighted by Crippen LogP contribution is -2.30. The Kier molecular flexibility index (Phi) is 5.07. The first-order valence-electron chi connectivity index (χ1n) is 7.69. The molecule has 0 radical (unpaired) electrons. The highest BCUT2D eigenvalue weighted by molar-refractivity contribution is 8.14. The van der Waals surface area contributed by atoms with Gasteiger partial charge >= 0.3 is 0 Å². The third kappa shape index (κ3) is 3.40. The fraction of sp³-hybridized carbons (Fsp3) is 0.158. The summed E-state index contributed by atoms with van der Waals surface area (Å²) < 4.78 is 0. The highest BCUT2D eigenvalue weighted by Gasteiger charge is 2.31. The van der Waals surface area contributed by atoms with Gasteiger partial charge in [-0.2, -0.15) is 0 Å². The van der Waals surface area contributed by atoms with Crippen molar-refractivity contribution in [2.24, 2.45) is 4.99 Å². The maximum Gasteiger partial charge on any atom is 0.283 e. The van der Waals surface area contributed by atoms with Crippen molar-refractivity contribution in [3.8, 4) is 0 Å². The molecule has 2 aromatic carbocycles. The van der Waals surface area contributed by atoms with Gasteiger partial charge in [0.2, 0.25) is 0 Å². The number of amides is 1. The maximum absolute atomic E-state index is 12.9. The van der Waals surface area contributed by atoms with Crippen LogP contribution < -0.4 is 4.90 Å². The van der Waals surface area contributed by atoms with Crippen molar-refractivity contribution in [2.45, 2.75) is 13.8 Å². The fourth-order valence-electron chi connectivity index (χ4n) is 2.38. The van der Waals surface area contributed by atoms with Crippen LogP contribution in [0.15, 0.2) is 59.2 Å². The summed E-state index contributed by atoms with van der Waals surface area (Å²) in [5.74, 6) is 0.704. The van der Waals surface area contributed by atoms with E-state index in [4.69, 9.17) is 11.6 Å². The Morgan fingerprint density at radius 2 is 1.96 bits per heavy atom. The van der Waals surface area contributed by atoms with Gasteiger partial charge in [0.25, 0.3) is 5.91 Å². The summed E-state index contributed by atoms with van der Waals surface area (Å²) in [5.41, 5.74) is 3.11. The number of nitrogens with zero attached hydrogens (tertiary/aromatic N) is 2. The van der Waals surface area contributed by atoms with Crippen LogP contribution in [0.3, 0.4) is 0 Å². The number of carbonyl (C=O) groups is 1. The number of aliphatic imine (C=N–C) groups is 1. The van der Waals surface area contributed by atoms with Crippen LogP contribution in [-0.2, 0) is 4.79 Å². The predicted octanol–water partition coefficient (Wildman–Crippen LogP) is 5.15. The molecule has 5 heteroatoms. The molecule has 3 nitrogen and oxygen atoms in total. The molecular formula is C19H17ClN2OS. The molecule has 0 saturated heterocycles. The molecule has 24 heavy (non-hydrogen) atoms. The minimum atomic E-state index is -0.130.